The predicted octanol–water partition coefficient (Wildman–Crippen LogP) is 1.48. The maximum atomic E-state index is 12.8. The van der Waals surface area contributed by atoms with Gasteiger partial charge in [-0.25, -0.2) is 0 Å². The molecule has 0 aromatic heterocycles. The van der Waals surface area contributed by atoms with Crippen molar-refractivity contribution in [3.8, 4) is 0 Å². The second kappa shape index (κ2) is 9.24. The maximum Gasteiger partial charge on any atom is 0.230 e. The number of guanidine groups is 1. The lowest BCUT2D eigenvalue weighted by Gasteiger charge is -2.37. The molecule has 3 fully saturated rings. The van der Waals surface area contributed by atoms with E-state index in [2.05, 4.69) is 17.1 Å². The van der Waals surface area contributed by atoms with E-state index in [0.717, 1.165) is 70.7 Å². The van der Waals surface area contributed by atoms with Crippen LogP contribution in [0.5, 0.6) is 0 Å². The molecule has 2 aliphatic heterocycles. The lowest BCUT2D eigenvalue weighted by atomic mass is 9.85. The van der Waals surface area contributed by atoms with Crippen LogP contribution < -0.4 is 5.32 Å². The van der Waals surface area contributed by atoms with Crippen molar-refractivity contribution in [2.45, 2.75) is 57.7 Å². The first-order chi connectivity index (χ1) is 13.1. The Kier molecular flexibility index (Phi) is 6.98. The largest absolute Gasteiger partial charge is 0.375 e. The molecule has 1 N–H and O–H groups in total. The molecule has 0 radical (unpaired) electrons. The van der Waals surface area contributed by atoms with Gasteiger partial charge < -0.3 is 24.6 Å². The SMILES string of the molecule is CCNC(=NCC1(C(=O)N(C)C)CCCC1)N1CCOC(C2CCCO2)C1. The Labute approximate surface area is 163 Å². The predicted molar refractivity (Wildman–Crippen MR) is 106 cm³/mol. The summed E-state index contributed by atoms with van der Waals surface area (Å²) in [6.45, 7) is 6.62. The van der Waals surface area contributed by atoms with Crippen molar-refractivity contribution in [3.05, 3.63) is 0 Å². The topological polar surface area (TPSA) is 66.4 Å². The van der Waals surface area contributed by atoms with Gasteiger partial charge in [0, 0.05) is 40.3 Å². The van der Waals surface area contributed by atoms with Crippen molar-refractivity contribution in [1.82, 2.24) is 15.1 Å². The smallest absolute Gasteiger partial charge is 0.230 e. The first kappa shape index (κ1) is 20.4. The zero-order valence-corrected chi connectivity index (χ0v) is 17.2. The van der Waals surface area contributed by atoms with Gasteiger partial charge in [-0.1, -0.05) is 12.8 Å². The monoisotopic (exact) mass is 380 g/mol. The molecule has 154 valence electrons. The molecule has 2 heterocycles. The molecule has 0 bridgehead atoms. The van der Waals surface area contributed by atoms with Crippen LogP contribution in [0.25, 0.3) is 0 Å². The summed E-state index contributed by atoms with van der Waals surface area (Å²) in [6, 6.07) is 0. The fourth-order valence-corrected chi connectivity index (χ4v) is 4.61. The van der Waals surface area contributed by atoms with Gasteiger partial charge in [0.1, 0.15) is 6.10 Å². The third-order valence-electron chi connectivity index (χ3n) is 6.06. The number of ether oxygens (including phenoxy) is 2. The zero-order chi connectivity index (χ0) is 19.3. The summed E-state index contributed by atoms with van der Waals surface area (Å²) >= 11 is 0. The van der Waals surface area contributed by atoms with Gasteiger partial charge in [-0.3, -0.25) is 9.79 Å². The molecule has 2 saturated heterocycles. The summed E-state index contributed by atoms with van der Waals surface area (Å²) in [5.74, 6) is 1.13. The number of carbonyl (C=O) groups is 1. The second-order valence-corrected chi connectivity index (χ2v) is 8.26. The molecule has 7 nitrogen and oxygen atoms in total. The minimum Gasteiger partial charge on any atom is -0.375 e. The number of amides is 1. The lowest BCUT2D eigenvalue weighted by Crippen LogP contribution is -2.53. The third kappa shape index (κ3) is 4.74. The van der Waals surface area contributed by atoms with Crippen LogP contribution in [0, 0.1) is 5.41 Å². The summed E-state index contributed by atoms with van der Waals surface area (Å²) in [5.41, 5.74) is -0.329. The first-order valence-electron chi connectivity index (χ1n) is 10.5. The Hall–Kier alpha value is -1.34. The molecule has 27 heavy (non-hydrogen) atoms. The highest BCUT2D eigenvalue weighted by molar-refractivity contribution is 5.84. The Bertz CT molecular complexity index is 525. The van der Waals surface area contributed by atoms with E-state index in [1.54, 1.807) is 4.90 Å². The van der Waals surface area contributed by atoms with Crippen LogP contribution in [0.2, 0.25) is 0 Å². The third-order valence-corrected chi connectivity index (χ3v) is 6.06. The van der Waals surface area contributed by atoms with E-state index in [0.29, 0.717) is 13.2 Å². The van der Waals surface area contributed by atoms with Crippen molar-refractivity contribution in [2.24, 2.45) is 10.4 Å². The van der Waals surface area contributed by atoms with Gasteiger partial charge in [0.15, 0.2) is 5.96 Å². The molecule has 2 atom stereocenters. The van der Waals surface area contributed by atoms with Crippen LogP contribution in [-0.2, 0) is 14.3 Å². The van der Waals surface area contributed by atoms with Gasteiger partial charge >= 0.3 is 0 Å². The highest BCUT2D eigenvalue weighted by Crippen LogP contribution is 2.39. The van der Waals surface area contributed by atoms with Gasteiger partial charge in [-0.05, 0) is 32.6 Å². The van der Waals surface area contributed by atoms with Crippen LogP contribution in [0.3, 0.4) is 0 Å². The van der Waals surface area contributed by atoms with Crippen molar-refractivity contribution < 1.29 is 14.3 Å². The average molecular weight is 381 g/mol. The lowest BCUT2D eigenvalue weighted by molar-refractivity contribution is -0.138. The summed E-state index contributed by atoms with van der Waals surface area (Å²) in [7, 11) is 3.71. The van der Waals surface area contributed by atoms with Crippen LogP contribution in [0.4, 0.5) is 0 Å². The number of nitrogens with one attached hydrogen (secondary N) is 1. The van der Waals surface area contributed by atoms with Crippen molar-refractivity contribution in [2.75, 3.05) is 53.5 Å². The summed E-state index contributed by atoms with van der Waals surface area (Å²) < 4.78 is 11.8. The molecule has 7 heteroatoms. The highest BCUT2D eigenvalue weighted by atomic mass is 16.5. The molecule has 1 amide bonds. The van der Waals surface area contributed by atoms with Gasteiger partial charge in [-0.15, -0.1) is 0 Å². The number of hydrogen-bond donors (Lipinski definition) is 1. The van der Waals surface area contributed by atoms with E-state index >= 15 is 0 Å². The molecule has 1 aliphatic carbocycles. The molecule has 3 aliphatic rings. The molecule has 3 rings (SSSR count). The van der Waals surface area contributed by atoms with Crippen molar-refractivity contribution >= 4 is 11.9 Å². The van der Waals surface area contributed by atoms with Crippen LogP contribution >= 0.6 is 0 Å². The first-order valence-corrected chi connectivity index (χ1v) is 10.5. The number of rotatable bonds is 5. The normalized spacial score (nSPS) is 28.4. The molecule has 0 aromatic rings. The molecule has 0 aromatic carbocycles. The van der Waals surface area contributed by atoms with E-state index in [-0.39, 0.29) is 23.5 Å². The average Bonchev–Trinajstić information content (AvgIpc) is 3.37. The Morgan fingerprint density at radius 1 is 1.19 bits per heavy atom. The minimum absolute atomic E-state index is 0.106. The number of carbonyl (C=O) groups excluding carboxylic acids is 1. The van der Waals surface area contributed by atoms with E-state index in [1.807, 2.05) is 14.1 Å². The second-order valence-electron chi connectivity index (χ2n) is 8.26. The van der Waals surface area contributed by atoms with Crippen LogP contribution in [0.15, 0.2) is 4.99 Å². The van der Waals surface area contributed by atoms with Gasteiger partial charge in [0.05, 0.1) is 24.7 Å². The van der Waals surface area contributed by atoms with E-state index in [9.17, 15) is 4.79 Å². The number of aliphatic imine (C=N–C) groups is 1. The van der Waals surface area contributed by atoms with Gasteiger partial charge in [-0.2, -0.15) is 0 Å². The number of hydrogen-bond acceptors (Lipinski definition) is 4. The Balaban J connectivity index is 1.70. The standard InChI is InChI=1S/C20H36N4O3/c1-4-21-19(22-15-20(9-5-6-10-20)18(25)23(2)3)24-11-13-27-17(14-24)16-8-7-12-26-16/h16-17H,4-15H2,1-3H3,(H,21,22). The van der Waals surface area contributed by atoms with Crippen LogP contribution in [-0.4, -0.2) is 87.4 Å². The quantitative estimate of drug-likeness (QED) is 0.578. The highest BCUT2D eigenvalue weighted by Gasteiger charge is 2.42. The molecule has 0 spiro atoms. The van der Waals surface area contributed by atoms with Crippen molar-refractivity contribution in [1.29, 1.82) is 0 Å². The summed E-state index contributed by atoms with van der Waals surface area (Å²) in [5, 5.41) is 3.43. The fourth-order valence-electron chi connectivity index (χ4n) is 4.61. The zero-order valence-electron chi connectivity index (χ0n) is 17.2. The number of nitrogens with zero attached hydrogens (tertiary/aromatic N) is 3. The van der Waals surface area contributed by atoms with E-state index < -0.39 is 0 Å². The van der Waals surface area contributed by atoms with Gasteiger partial charge in [0.25, 0.3) is 0 Å². The van der Waals surface area contributed by atoms with E-state index in [4.69, 9.17) is 14.5 Å². The number of morpholine rings is 1. The Morgan fingerprint density at radius 2 is 1.93 bits per heavy atom. The Morgan fingerprint density at radius 3 is 2.56 bits per heavy atom. The van der Waals surface area contributed by atoms with E-state index in [1.165, 1.54) is 0 Å². The molecular formula is C20H36N4O3. The molecule has 1 saturated carbocycles. The molecule has 2 unspecified atom stereocenters. The summed E-state index contributed by atoms with van der Waals surface area (Å²) in [6.07, 6.45) is 6.61. The molecular weight excluding hydrogens is 344 g/mol. The minimum atomic E-state index is -0.329. The van der Waals surface area contributed by atoms with Crippen LogP contribution in [0.1, 0.15) is 45.4 Å². The van der Waals surface area contributed by atoms with Crippen molar-refractivity contribution in [3.63, 3.8) is 0 Å². The van der Waals surface area contributed by atoms with Gasteiger partial charge in [0.2, 0.25) is 5.91 Å². The fraction of sp³-hybridized carbons (Fsp3) is 0.900. The maximum absolute atomic E-state index is 12.8. The summed E-state index contributed by atoms with van der Waals surface area (Å²) in [4.78, 5) is 21.8.